The van der Waals surface area contributed by atoms with E-state index in [1.54, 1.807) is 44.8 Å². The molecule has 2 aromatic heterocycles. The Morgan fingerprint density at radius 3 is 2.46 bits per heavy atom. The molecule has 13 heteroatoms. The van der Waals surface area contributed by atoms with Crippen LogP contribution in [0.2, 0.25) is 0 Å². The van der Waals surface area contributed by atoms with Crippen LogP contribution in [-0.4, -0.2) is 48.2 Å². The first kappa shape index (κ1) is 20.9. The highest BCUT2D eigenvalue weighted by molar-refractivity contribution is 7.71. The molecule has 0 aliphatic carbocycles. The number of carbonyl (C=O) groups is 1. The second-order valence-electron chi connectivity index (χ2n) is 5.46. The van der Waals surface area contributed by atoms with Gasteiger partial charge in [-0.05, 0) is 43.3 Å². The molecular weight excluding hydrogens is 384 g/mol. The number of tetrazole rings is 1. The topological polar surface area (TPSA) is 150 Å². The van der Waals surface area contributed by atoms with Gasteiger partial charge >= 0.3 is 10.8 Å². The summed E-state index contributed by atoms with van der Waals surface area (Å²) in [6.45, 7) is 3.46. The SMILES string of the molecule is CNC(=O)Nc1cccc(-n2[nH][n+](C)nc2=S)c1.Cc1nc(C)nc(NO)n1. The Kier molecular flexibility index (Phi) is 7.06. The van der Waals surface area contributed by atoms with E-state index in [4.69, 9.17) is 17.4 Å². The number of hydrogen-bond acceptors (Lipinski definition) is 8. The summed E-state index contributed by atoms with van der Waals surface area (Å²) in [4.78, 5) is 24.2. The summed E-state index contributed by atoms with van der Waals surface area (Å²) in [5.74, 6) is 1.36. The van der Waals surface area contributed by atoms with Crippen molar-refractivity contribution in [3.05, 3.63) is 40.7 Å². The second-order valence-corrected chi connectivity index (χ2v) is 5.83. The lowest BCUT2D eigenvalue weighted by Crippen LogP contribution is -2.34. The van der Waals surface area contributed by atoms with Crippen LogP contribution in [0, 0.1) is 18.6 Å². The number of nitrogens with zero attached hydrogens (tertiary/aromatic N) is 6. The van der Waals surface area contributed by atoms with E-state index in [0.717, 1.165) is 5.69 Å². The molecule has 148 valence electrons. The first-order valence-corrected chi connectivity index (χ1v) is 8.47. The van der Waals surface area contributed by atoms with E-state index in [2.05, 4.69) is 35.9 Å². The minimum absolute atomic E-state index is 0.185. The number of carbonyl (C=O) groups excluding carboxylic acids is 1. The van der Waals surface area contributed by atoms with Gasteiger partial charge in [0, 0.05) is 18.8 Å². The van der Waals surface area contributed by atoms with Gasteiger partial charge in [0.15, 0.2) is 5.69 Å². The highest BCUT2D eigenvalue weighted by Crippen LogP contribution is 2.13. The summed E-state index contributed by atoms with van der Waals surface area (Å²) in [7, 11) is 3.31. The fourth-order valence-corrected chi connectivity index (χ4v) is 2.40. The van der Waals surface area contributed by atoms with Crippen LogP contribution in [-0.2, 0) is 7.05 Å². The van der Waals surface area contributed by atoms with Crippen molar-refractivity contribution in [3.63, 3.8) is 0 Å². The van der Waals surface area contributed by atoms with Crippen LogP contribution >= 0.6 is 12.2 Å². The van der Waals surface area contributed by atoms with Gasteiger partial charge in [-0.2, -0.15) is 9.97 Å². The zero-order chi connectivity index (χ0) is 20.7. The van der Waals surface area contributed by atoms with Crippen LogP contribution in [0.4, 0.5) is 16.4 Å². The van der Waals surface area contributed by atoms with Gasteiger partial charge in [0.05, 0.1) is 0 Å². The van der Waals surface area contributed by atoms with E-state index in [9.17, 15) is 4.79 Å². The summed E-state index contributed by atoms with van der Waals surface area (Å²) in [5.41, 5.74) is 3.31. The summed E-state index contributed by atoms with van der Waals surface area (Å²) in [6, 6.07) is 7.00. The largest absolute Gasteiger partial charge is 0.352 e. The maximum atomic E-state index is 11.2. The number of rotatable bonds is 3. The molecule has 1 aromatic carbocycles. The van der Waals surface area contributed by atoms with Crippen molar-refractivity contribution in [2.24, 2.45) is 7.05 Å². The quantitative estimate of drug-likeness (QED) is 0.244. The molecule has 0 radical (unpaired) electrons. The van der Waals surface area contributed by atoms with E-state index in [-0.39, 0.29) is 12.0 Å². The highest BCUT2D eigenvalue weighted by atomic mass is 32.1. The molecule has 0 unspecified atom stereocenters. The Morgan fingerprint density at radius 2 is 1.93 bits per heavy atom. The van der Waals surface area contributed by atoms with E-state index in [1.165, 1.54) is 4.80 Å². The number of benzene rings is 1. The number of aryl methyl sites for hydroxylation is 3. The maximum Gasteiger partial charge on any atom is 0.352 e. The zero-order valence-electron chi connectivity index (χ0n) is 15.8. The zero-order valence-corrected chi connectivity index (χ0v) is 16.6. The highest BCUT2D eigenvalue weighted by Gasteiger charge is 2.10. The summed E-state index contributed by atoms with van der Waals surface area (Å²) in [6.07, 6.45) is 0. The van der Waals surface area contributed by atoms with Gasteiger partial charge in [0.25, 0.3) is 0 Å². The number of aromatic nitrogens is 7. The van der Waals surface area contributed by atoms with Crippen molar-refractivity contribution >= 4 is 29.9 Å². The van der Waals surface area contributed by atoms with E-state index in [1.807, 2.05) is 17.6 Å². The molecule has 0 aliphatic rings. The van der Waals surface area contributed by atoms with Crippen LogP contribution in [0.15, 0.2) is 24.3 Å². The van der Waals surface area contributed by atoms with E-state index < -0.39 is 0 Å². The molecule has 28 heavy (non-hydrogen) atoms. The van der Waals surface area contributed by atoms with Crippen molar-refractivity contribution in [2.75, 3.05) is 17.8 Å². The lowest BCUT2D eigenvalue weighted by Gasteiger charge is -2.04. The fraction of sp³-hybridized carbons (Fsp3) is 0.267. The van der Waals surface area contributed by atoms with Gasteiger partial charge in [-0.3, -0.25) is 5.21 Å². The van der Waals surface area contributed by atoms with Crippen LogP contribution in [0.5, 0.6) is 0 Å². The maximum absolute atomic E-state index is 11.2. The number of aromatic amines is 1. The van der Waals surface area contributed by atoms with E-state index >= 15 is 0 Å². The number of urea groups is 1. The molecule has 0 spiro atoms. The number of H-pyrrole nitrogens is 1. The summed E-state index contributed by atoms with van der Waals surface area (Å²) in [5, 5.41) is 20.5. The van der Waals surface area contributed by atoms with E-state index in [0.29, 0.717) is 22.1 Å². The van der Waals surface area contributed by atoms with Crippen LogP contribution < -0.4 is 20.9 Å². The van der Waals surface area contributed by atoms with Crippen molar-refractivity contribution in [1.82, 2.24) is 35.3 Å². The molecule has 0 bridgehead atoms. The van der Waals surface area contributed by atoms with Gasteiger partial charge in [0.1, 0.15) is 18.7 Å². The molecule has 0 saturated heterocycles. The Hall–Kier alpha value is -3.45. The van der Waals surface area contributed by atoms with Gasteiger partial charge in [-0.25, -0.2) is 15.3 Å². The first-order valence-electron chi connectivity index (χ1n) is 8.06. The minimum Gasteiger partial charge on any atom is -0.341 e. The predicted octanol–water partition coefficient (Wildman–Crippen LogP) is 0.795. The molecule has 5 N–H and O–H groups in total. The molecule has 0 atom stereocenters. The average molecular weight is 405 g/mol. The van der Waals surface area contributed by atoms with Crippen molar-refractivity contribution in [3.8, 4) is 5.69 Å². The third-order valence-electron chi connectivity index (χ3n) is 3.22. The normalized spacial score (nSPS) is 9.89. The van der Waals surface area contributed by atoms with Gasteiger partial charge in [-0.1, -0.05) is 20.8 Å². The monoisotopic (exact) mass is 405 g/mol. The third kappa shape index (κ3) is 5.78. The lowest BCUT2D eigenvalue weighted by molar-refractivity contribution is -0.785. The number of hydrogen-bond donors (Lipinski definition) is 5. The molecule has 12 nitrogen and oxygen atoms in total. The van der Waals surface area contributed by atoms with Crippen molar-refractivity contribution in [1.29, 1.82) is 0 Å². The fourth-order valence-electron chi connectivity index (χ4n) is 2.13. The predicted molar refractivity (Wildman–Crippen MR) is 103 cm³/mol. The summed E-state index contributed by atoms with van der Waals surface area (Å²) < 4.78 is 2.05. The van der Waals surface area contributed by atoms with Gasteiger partial charge < -0.3 is 10.6 Å². The minimum atomic E-state index is -0.272. The molecule has 0 saturated carbocycles. The molecular formula is C15H21N10O2S+. The van der Waals surface area contributed by atoms with Gasteiger partial charge in [-0.15, -0.1) is 0 Å². The number of amides is 2. The molecule has 3 rings (SSSR count). The van der Waals surface area contributed by atoms with Crippen LogP contribution in [0.25, 0.3) is 5.69 Å². The second kappa shape index (κ2) is 9.48. The third-order valence-corrected chi connectivity index (χ3v) is 3.48. The Morgan fingerprint density at radius 1 is 1.25 bits per heavy atom. The molecule has 0 aliphatic heterocycles. The standard InChI is InChI=1S/C10H12N6OS.C5H8N4O/c1-11-9(17)12-7-4-3-5-8(6-7)16-10(18)13-15(2)14-16;1-3-6-4(2)8-5(7-3)9-10/h3-6H,1-2H3,(H2-,11,12,13,14,17,18);10H,1-2H3,(H,6,7,8,9)/p+1. The number of anilines is 2. The lowest BCUT2D eigenvalue weighted by atomic mass is 10.3. The van der Waals surface area contributed by atoms with Crippen LogP contribution in [0.3, 0.4) is 0 Å². The average Bonchev–Trinajstić information content (AvgIpc) is 2.99. The molecule has 0 fully saturated rings. The Labute approximate surface area is 165 Å². The molecule has 3 aromatic rings. The van der Waals surface area contributed by atoms with Crippen molar-refractivity contribution < 1.29 is 14.8 Å². The summed E-state index contributed by atoms with van der Waals surface area (Å²) >= 11 is 5.11. The van der Waals surface area contributed by atoms with Crippen LogP contribution in [0.1, 0.15) is 11.6 Å². The van der Waals surface area contributed by atoms with Gasteiger partial charge in [0.2, 0.25) is 5.95 Å². The molecule has 2 heterocycles. The first-order chi connectivity index (χ1) is 13.3. The van der Waals surface area contributed by atoms with Crippen molar-refractivity contribution in [2.45, 2.75) is 13.8 Å². The Balaban J connectivity index is 0.000000237. The molecule has 2 amide bonds. The number of nitrogens with one attached hydrogen (secondary N) is 4. The smallest absolute Gasteiger partial charge is 0.341 e. The Bertz CT molecular complexity index is 996.